The lowest BCUT2D eigenvalue weighted by Gasteiger charge is -2.14. The van der Waals surface area contributed by atoms with Gasteiger partial charge in [-0.1, -0.05) is 20.3 Å². The monoisotopic (exact) mass is 298 g/mol. The van der Waals surface area contributed by atoms with Gasteiger partial charge < -0.3 is 5.32 Å². The van der Waals surface area contributed by atoms with Gasteiger partial charge >= 0.3 is 0 Å². The Kier molecular flexibility index (Phi) is 5.30. The molecule has 112 valence electrons. The highest BCUT2D eigenvalue weighted by Crippen LogP contribution is 2.24. The number of rotatable bonds is 5. The van der Waals surface area contributed by atoms with Crippen molar-refractivity contribution < 1.29 is 13.2 Å². The summed E-state index contributed by atoms with van der Waals surface area (Å²) in [4.78, 5) is 12.0. The van der Waals surface area contributed by atoms with Crippen LogP contribution in [0.2, 0.25) is 0 Å². The normalized spacial score (nSPS) is 13.1. The fourth-order valence-corrected chi connectivity index (χ4v) is 2.62. The Hall–Kier alpha value is -1.40. The maximum absolute atomic E-state index is 11.9. The van der Waals surface area contributed by atoms with Crippen molar-refractivity contribution in [3.05, 3.63) is 23.3 Å². The van der Waals surface area contributed by atoms with E-state index in [1.54, 1.807) is 13.8 Å². The number of hydrogen-bond donors (Lipinski definition) is 2. The van der Waals surface area contributed by atoms with Gasteiger partial charge in [-0.15, -0.1) is 0 Å². The fourth-order valence-electron chi connectivity index (χ4n) is 1.94. The minimum atomic E-state index is -3.73. The molecule has 1 aromatic rings. The van der Waals surface area contributed by atoms with Gasteiger partial charge in [-0.2, -0.15) is 0 Å². The van der Waals surface area contributed by atoms with Crippen LogP contribution < -0.4 is 10.5 Å². The molecule has 3 N–H and O–H groups in total. The summed E-state index contributed by atoms with van der Waals surface area (Å²) in [6.45, 7) is 7.56. The van der Waals surface area contributed by atoms with Crippen molar-refractivity contribution in [2.24, 2.45) is 11.1 Å². The van der Waals surface area contributed by atoms with Gasteiger partial charge in [0.25, 0.3) is 0 Å². The number of benzene rings is 1. The summed E-state index contributed by atoms with van der Waals surface area (Å²) >= 11 is 0. The van der Waals surface area contributed by atoms with E-state index in [0.717, 1.165) is 6.42 Å². The predicted octanol–water partition coefficient (Wildman–Crippen LogP) is 2.33. The van der Waals surface area contributed by atoms with Gasteiger partial charge in [0.1, 0.15) is 0 Å². The van der Waals surface area contributed by atoms with Crippen LogP contribution in [0.15, 0.2) is 17.0 Å². The molecule has 20 heavy (non-hydrogen) atoms. The molecule has 0 aliphatic rings. The highest BCUT2D eigenvalue weighted by atomic mass is 32.2. The summed E-state index contributed by atoms with van der Waals surface area (Å²) in [7, 11) is -3.73. The number of anilines is 1. The van der Waals surface area contributed by atoms with E-state index in [1.807, 2.05) is 13.8 Å². The molecule has 0 fully saturated rings. The van der Waals surface area contributed by atoms with Crippen LogP contribution in [-0.2, 0) is 14.8 Å². The van der Waals surface area contributed by atoms with Crippen LogP contribution in [-0.4, -0.2) is 14.3 Å². The molecule has 1 aromatic carbocycles. The summed E-state index contributed by atoms with van der Waals surface area (Å²) in [5.41, 5.74) is 2.03. The van der Waals surface area contributed by atoms with Crippen LogP contribution in [0, 0.1) is 19.8 Å². The van der Waals surface area contributed by atoms with Crippen molar-refractivity contribution >= 4 is 21.6 Å². The van der Waals surface area contributed by atoms with E-state index in [4.69, 9.17) is 5.14 Å². The summed E-state index contributed by atoms with van der Waals surface area (Å²) < 4.78 is 22.7. The molecule has 0 saturated heterocycles. The number of amides is 1. The van der Waals surface area contributed by atoms with Crippen LogP contribution in [0.3, 0.4) is 0 Å². The maximum atomic E-state index is 11.9. The number of hydrogen-bond acceptors (Lipinski definition) is 3. The van der Waals surface area contributed by atoms with Gasteiger partial charge in [0.05, 0.1) is 4.90 Å². The molecule has 0 radical (unpaired) electrons. The van der Waals surface area contributed by atoms with Gasteiger partial charge in [0, 0.05) is 12.1 Å². The minimum absolute atomic E-state index is 0.0612. The average Bonchev–Trinajstić information content (AvgIpc) is 2.32. The SMILES string of the molecule is CCC(C)CC(=O)Nc1c(C)cc(S(N)(=O)=O)cc1C. The Bertz CT molecular complexity index is 586. The Morgan fingerprint density at radius 3 is 2.20 bits per heavy atom. The Morgan fingerprint density at radius 2 is 1.80 bits per heavy atom. The molecule has 0 saturated carbocycles. The highest BCUT2D eigenvalue weighted by Gasteiger charge is 2.15. The molecule has 6 heteroatoms. The van der Waals surface area contributed by atoms with Crippen LogP contribution in [0.5, 0.6) is 0 Å². The quantitative estimate of drug-likeness (QED) is 0.874. The zero-order chi connectivity index (χ0) is 15.5. The van der Waals surface area contributed by atoms with Crippen LogP contribution >= 0.6 is 0 Å². The van der Waals surface area contributed by atoms with Crippen molar-refractivity contribution in [1.29, 1.82) is 0 Å². The second-order valence-corrected chi connectivity index (χ2v) is 6.80. The van der Waals surface area contributed by atoms with Gasteiger partial charge in [0.15, 0.2) is 0 Å². The third kappa shape index (κ3) is 4.31. The molecule has 1 atom stereocenters. The molecule has 1 unspecified atom stereocenters. The molecule has 1 amide bonds. The van der Waals surface area contributed by atoms with Crippen molar-refractivity contribution in [2.75, 3.05) is 5.32 Å². The number of sulfonamides is 1. The van der Waals surface area contributed by atoms with Gasteiger partial charge in [-0.25, -0.2) is 13.6 Å². The third-order valence-corrected chi connectivity index (χ3v) is 4.22. The Morgan fingerprint density at radius 1 is 1.30 bits per heavy atom. The number of carbonyl (C=O) groups excluding carboxylic acids is 1. The largest absolute Gasteiger partial charge is 0.326 e. The van der Waals surface area contributed by atoms with Crippen molar-refractivity contribution in [3.8, 4) is 0 Å². The lowest BCUT2D eigenvalue weighted by atomic mass is 10.0. The van der Waals surface area contributed by atoms with Crippen molar-refractivity contribution in [1.82, 2.24) is 0 Å². The summed E-state index contributed by atoms with van der Waals surface area (Å²) in [5.74, 6) is 0.258. The first-order valence-electron chi connectivity index (χ1n) is 6.59. The number of nitrogens with one attached hydrogen (secondary N) is 1. The summed E-state index contributed by atoms with van der Waals surface area (Å²) in [6, 6.07) is 2.95. The van der Waals surface area contributed by atoms with E-state index in [-0.39, 0.29) is 10.8 Å². The smallest absolute Gasteiger partial charge is 0.238 e. The number of carbonyl (C=O) groups is 1. The summed E-state index contributed by atoms with van der Waals surface area (Å²) in [6.07, 6.45) is 1.39. The Balaban J connectivity index is 3.01. The standard InChI is InChI=1S/C14H22N2O3S/c1-5-9(2)6-13(17)16-14-10(3)7-12(8-11(14)4)20(15,18)19/h7-9H,5-6H2,1-4H3,(H,16,17)(H2,15,18,19). The minimum Gasteiger partial charge on any atom is -0.326 e. The maximum Gasteiger partial charge on any atom is 0.238 e. The van der Waals surface area contributed by atoms with Gasteiger partial charge in [0.2, 0.25) is 15.9 Å². The molecule has 0 spiro atoms. The van der Waals surface area contributed by atoms with Crippen LogP contribution in [0.4, 0.5) is 5.69 Å². The molecular weight excluding hydrogens is 276 g/mol. The molecule has 5 nitrogen and oxygen atoms in total. The summed E-state index contributed by atoms with van der Waals surface area (Å²) in [5, 5.41) is 7.96. The second kappa shape index (κ2) is 6.37. The topological polar surface area (TPSA) is 89.3 Å². The highest BCUT2D eigenvalue weighted by molar-refractivity contribution is 7.89. The second-order valence-electron chi connectivity index (χ2n) is 5.24. The fraction of sp³-hybridized carbons (Fsp3) is 0.500. The van der Waals surface area contributed by atoms with E-state index in [2.05, 4.69) is 5.32 Å². The molecule has 0 bridgehead atoms. The van der Waals surface area contributed by atoms with Gasteiger partial charge in [-0.05, 0) is 43.0 Å². The number of nitrogens with two attached hydrogens (primary N) is 1. The first-order valence-corrected chi connectivity index (χ1v) is 8.13. The molecule has 1 rings (SSSR count). The third-order valence-electron chi connectivity index (χ3n) is 3.33. The van der Waals surface area contributed by atoms with Crippen LogP contribution in [0.1, 0.15) is 37.8 Å². The molecule has 0 aromatic heterocycles. The lowest BCUT2D eigenvalue weighted by molar-refractivity contribution is -0.117. The van der Waals surface area contributed by atoms with E-state index >= 15 is 0 Å². The first kappa shape index (κ1) is 16.7. The van der Waals surface area contributed by atoms with E-state index in [1.165, 1.54) is 12.1 Å². The van der Waals surface area contributed by atoms with E-state index in [9.17, 15) is 13.2 Å². The number of primary sulfonamides is 1. The van der Waals surface area contributed by atoms with Crippen LogP contribution in [0.25, 0.3) is 0 Å². The van der Waals surface area contributed by atoms with E-state index in [0.29, 0.717) is 29.2 Å². The molecule has 0 heterocycles. The van der Waals surface area contributed by atoms with Crippen molar-refractivity contribution in [2.45, 2.75) is 45.4 Å². The zero-order valence-corrected chi connectivity index (χ0v) is 13.2. The molecule has 0 aliphatic heterocycles. The molecular formula is C14H22N2O3S. The zero-order valence-electron chi connectivity index (χ0n) is 12.4. The predicted molar refractivity (Wildman–Crippen MR) is 80.0 cm³/mol. The number of aryl methyl sites for hydroxylation is 2. The molecule has 0 aliphatic carbocycles. The average molecular weight is 298 g/mol. The van der Waals surface area contributed by atoms with Gasteiger partial charge in [-0.3, -0.25) is 4.79 Å². The first-order chi connectivity index (χ1) is 9.15. The Labute approximate surface area is 120 Å². The lowest BCUT2D eigenvalue weighted by Crippen LogP contribution is -2.17. The van der Waals surface area contributed by atoms with E-state index < -0.39 is 10.0 Å². The van der Waals surface area contributed by atoms with Crippen molar-refractivity contribution in [3.63, 3.8) is 0 Å².